The van der Waals surface area contributed by atoms with Crippen LogP contribution >= 0.6 is 0 Å². The van der Waals surface area contributed by atoms with Crippen molar-refractivity contribution in [2.45, 2.75) is 31.7 Å². The number of pyridine rings is 1. The third kappa shape index (κ3) is 4.42. The van der Waals surface area contributed by atoms with Crippen molar-refractivity contribution in [3.8, 4) is 0 Å². The summed E-state index contributed by atoms with van der Waals surface area (Å²) in [5.74, 6) is 0.284. The molecule has 0 unspecified atom stereocenters. The van der Waals surface area contributed by atoms with Crippen molar-refractivity contribution >= 4 is 0 Å². The van der Waals surface area contributed by atoms with Crippen LogP contribution in [0.4, 0.5) is 4.39 Å². The van der Waals surface area contributed by atoms with Gasteiger partial charge in [0.1, 0.15) is 5.82 Å². The maximum Gasteiger partial charge on any atom is 0.123 e. The Kier molecular flexibility index (Phi) is 5.30. The molecule has 1 aromatic carbocycles. The molecule has 3 aromatic rings. The zero-order valence-corrected chi connectivity index (χ0v) is 15.7. The number of benzene rings is 1. The summed E-state index contributed by atoms with van der Waals surface area (Å²) in [6.45, 7) is 3.11. The zero-order valence-electron chi connectivity index (χ0n) is 15.7. The molecule has 0 radical (unpaired) electrons. The van der Waals surface area contributed by atoms with Crippen molar-refractivity contribution in [2.24, 2.45) is 7.05 Å². The first kappa shape index (κ1) is 17.9. The van der Waals surface area contributed by atoms with E-state index in [0.29, 0.717) is 5.92 Å². The first-order valence-electron chi connectivity index (χ1n) is 9.56. The molecule has 4 nitrogen and oxygen atoms in total. The molecule has 5 heteroatoms. The lowest BCUT2D eigenvalue weighted by Gasteiger charge is -2.32. The predicted molar refractivity (Wildman–Crippen MR) is 104 cm³/mol. The van der Waals surface area contributed by atoms with E-state index >= 15 is 0 Å². The molecule has 2 aromatic heterocycles. The Morgan fingerprint density at radius 2 is 1.89 bits per heavy atom. The minimum absolute atomic E-state index is 0.194. The first-order chi connectivity index (χ1) is 13.2. The number of rotatable bonds is 5. The van der Waals surface area contributed by atoms with Gasteiger partial charge >= 0.3 is 0 Å². The van der Waals surface area contributed by atoms with Crippen LogP contribution in [-0.4, -0.2) is 32.8 Å². The Hall–Kier alpha value is -2.53. The second-order valence-corrected chi connectivity index (χ2v) is 7.41. The highest BCUT2D eigenvalue weighted by molar-refractivity contribution is 5.26. The average molecular weight is 364 g/mol. The Balaban J connectivity index is 1.39. The normalized spacial score (nSPS) is 17.9. The fourth-order valence-corrected chi connectivity index (χ4v) is 3.85. The lowest BCUT2D eigenvalue weighted by atomic mass is 9.93. The number of halogens is 1. The van der Waals surface area contributed by atoms with E-state index in [2.05, 4.69) is 28.2 Å². The summed E-state index contributed by atoms with van der Waals surface area (Å²) in [5, 5.41) is 4.27. The van der Waals surface area contributed by atoms with Gasteiger partial charge in [0.2, 0.25) is 0 Å². The van der Waals surface area contributed by atoms with E-state index in [1.807, 2.05) is 36.3 Å². The van der Waals surface area contributed by atoms with Gasteiger partial charge in [0.05, 0.1) is 5.69 Å². The van der Waals surface area contributed by atoms with Crippen LogP contribution < -0.4 is 0 Å². The Morgan fingerprint density at radius 3 is 2.59 bits per heavy atom. The molecule has 1 saturated heterocycles. The maximum absolute atomic E-state index is 13.0. The summed E-state index contributed by atoms with van der Waals surface area (Å²) in [4.78, 5) is 7.25. The maximum atomic E-state index is 13.0. The standard InChI is InChI=1S/C22H25FN4/c1-26-21(10-11-25-26)16-27-12-2-3-19(15-27)22-9-6-18(14-24-22)13-17-4-7-20(23)8-5-17/h4-11,14,19H,2-3,12-13,15-16H2,1H3/t19-/m1/s1. The van der Waals surface area contributed by atoms with Gasteiger partial charge in [-0.2, -0.15) is 5.10 Å². The second-order valence-electron chi connectivity index (χ2n) is 7.41. The summed E-state index contributed by atoms with van der Waals surface area (Å²) in [7, 11) is 2.00. The molecule has 0 N–H and O–H groups in total. The summed E-state index contributed by atoms with van der Waals surface area (Å²) >= 11 is 0. The Morgan fingerprint density at radius 1 is 1.07 bits per heavy atom. The minimum atomic E-state index is -0.194. The van der Waals surface area contributed by atoms with Gasteiger partial charge in [0, 0.05) is 44.1 Å². The van der Waals surface area contributed by atoms with Crippen LogP contribution in [0.15, 0.2) is 54.9 Å². The van der Waals surface area contributed by atoms with E-state index in [0.717, 1.165) is 37.2 Å². The van der Waals surface area contributed by atoms with Gasteiger partial charge < -0.3 is 0 Å². The fraction of sp³-hybridized carbons (Fsp3) is 0.364. The van der Waals surface area contributed by atoms with E-state index in [1.165, 1.54) is 36.4 Å². The van der Waals surface area contributed by atoms with Gasteiger partial charge in [-0.25, -0.2) is 4.39 Å². The van der Waals surface area contributed by atoms with Crippen molar-refractivity contribution < 1.29 is 4.39 Å². The molecular formula is C22H25FN4. The molecule has 1 aliphatic rings. The molecule has 0 bridgehead atoms. The molecular weight excluding hydrogens is 339 g/mol. The van der Waals surface area contributed by atoms with Crippen LogP contribution in [0.25, 0.3) is 0 Å². The highest BCUT2D eigenvalue weighted by Gasteiger charge is 2.23. The van der Waals surface area contributed by atoms with Crippen molar-refractivity contribution in [1.29, 1.82) is 0 Å². The van der Waals surface area contributed by atoms with E-state index < -0.39 is 0 Å². The summed E-state index contributed by atoms with van der Waals surface area (Å²) in [6.07, 6.45) is 7.00. The molecule has 140 valence electrons. The lowest BCUT2D eigenvalue weighted by molar-refractivity contribution is 0.194. The number of aromatic nitrogens is 3. The highest BCUT2D eigenvalue weighted by atomic mass is 19.1. The molecule has 0 aliphatic carbocycles. The smallest absolute Gasteiger partial charge is 0.123 e. The molecule has 1 aliphatic heterocycles. The Labute approximate surface area is 159 Å². The molecule has 0 saturated carbocycles. The van der Waals surface area contributed by atoms with Gasteiger partial charge in [-0.05, 0) is 61.2 Å². The van der Waals surface area contributed by atoms with E-state index in [-0.39, 0.29) is 5.82 Å². The number of aryl methyl sites for hydroxylation is 1. The Bertz CT molecular complexity index is 870. The van der Waals surface area contributed by atoms with Crippen LogP contribution in [0.3, 0.4) is 0 Å². The lowest BCUT2D eigenvalue weighted by Crippen LogP contribution is -2.34. The highest BCUT2D eigenvalue weighted by Crippen LogP contribution is 2.26. The SMILES string of the molecule is Cn1nccc1CN1CCC[C@@H](c2ccc(Cc3ccc(F)cc3)cn2)C1. The van der Waals surface area contributed by atoms with Gasteiger partial charge in [-0.15, -0.1) is 0 Å². The second kappa shape index (κ2) is 8.01. The van der Waals surface area contributed by atoms with Gasteiger partial charge in [0.15, 0.2) is 0 Å². The van der Waals surface area contributed by atoms with Crippen molar-refractivity contribution in [3.63, 3.8) is 0 Å². The van der Waals surface area contributed by atoms with Crippen LogP contribution in [-0.2, 0) is 20.0 Å². The minimum Gasteiger partial charge on any atom is -0.297 e. The van der Waals surface area contributed by atoms with E-state index in [9.17, 15) is 4.39 Å². The van der Waals surface area contributed by atoms with E-state index in [4.69, 9.17) is 4.98 Å². The molecule has 1 atom stereocenters. The van der Waals surface area contributed by atoms with Crippen LogP contribution in [0, 0.1) is 5.82 Å². The van der Waals surface area contributed by atoms with Gasteiger partial charge in [-0.1, -0.05) is 18.2 Å². The summed E-state index contributed by atoms with van der Waals surface area (Å²) in [5.41, 5.74) is 4.68. The average Bonchev–Trinajstić information content (AvgIpc) is 3.09. The largest absolute Gasteiger partial charge is 0.297 e. The van der Waals surface area contributed by atoms with Crippen molar-refractivity contribution in [1.82, 2.24) is 19.7 Å². The number of hydrogen-bond donors (Lipinski definition) is 0. The van der Waals surface area contributed by atoms with E-state index in [1.54, 1.807) is 0 Å². The zero-order chi connectivity index (χ0) is 18.6. The number of piperidine rings is 1. The molecule has 0 spiro atoms. The monoisotopic (exact) mass is 364 g/mol. The fourth-order valence-electron chi connectivity index (χ4n) is 3.85. The number of likely N-dealkylation sites (tertiary alicyclic amines) is 1. The van der Waals surface area contributed by atoms with Crippen molar-refractivity contribution in [3.05, 3.63) is 83.2 Å². The van der Waals surface area contributed by atoms with Crippen LogP contribution in [0.5, 0.6) is 0 Å². The van der Waals surface area contributed by atoms with Crippen molar-refractivity contribution in [2.75, 3.05) is 13.1 Å². The third-order valence-electron chi connectivity index (χ3n) is 5.40. The summed E-state index contributed by atoms with van der Waals surface area (Å²) < 4.78 is 15.0. The quantitative estimate of drug-likeness (QED) is 0.688. The van der Waals surface area contributed by atoms with Gasteiger partial charge in [-0.3, -0.25) is 14.6 Å². The van der Waals surface area contributed by atoms with Crippen LogP contribution in [0.2, 0.25) is 0 Å². The molecule has 0 amide bonds. The summed E-state index contributed by atoms with van der Waals surface area (Å²) in [6, 6.07) is 13.1. The van der Waals surface area contributed by atoms with Crippen LogP contribution in [0.1, 0.15) is 41.3 Å². The van der Waals surface area contributed by atoms with Gasteiger partial charge in [0.25, 0.3) is 0 Å². The molecule has 3 heterocycles. The first-order valence-corrected chi connectivity index (χ1v) is 9.56. The molecule has 4 rings (SSSR count). The number of nitrogens with zero attached hydrogens (tertiary/aromatic N) is 4. The third-order valence-corrected chi connectivity index (χ3v) is 5.40. The number of hydrogen-bond acceptors (Lipinski definition) is 3. The molecule has 1 fully saturated rings. The predicted octanol–water partition coefficient (Wildman–Crippen LogP) is 3.92. The molecule has 27 heavy (non-hydrogen) atoms. The topological polar surface area (TPSA) is 34.0 Å².